The Labute approximate surface area is 119 Å². The summed E-state index contributed by atoms with van der Waals surface area (Å²) in [7, 11) is 0. The van der Waals surface area contributed by atoms with Gasteiger partial charge in [-0.2, -0.15) is 15.0 Å². The Bertz CT molecular complexity index is 429. The normalized spacial score (nSPS) is 26.4. The highest BCUT2D eigenvalue weighted by Gasteiger charge is 2.30. The molecule has 0 radical (unpaired) electrons. The molecule has 1 aromatic rings. The van der Waals surface area contributed by atoms with Crippen LogP contribution < -0.4 is 10.1 Å². The first-order chi connectivity index (χ1) is 9.10. The molecule has 3 unspecified atom stereocenters. The molecule has 1 heterocycles. The fourth-order valence-electron chi connectivity index (χ4n) is 2.39. The van der Waals surface area contributed by atoms with E-state index in [1.807, 2.05) is 6.92 Å². The van der Waals surface area contributed by atoms with Crippen molar-refractivity contribution in [1.82, 2.24) is 15.0 Å². The van der Waals surface area contributed by atoms with Gasteiger partial charge in [0.05, 0.1) is 6.61 Å². The van der Waals surface area contributed by atoms with E-state index in [1.165, 1.54) is 6.42 Å². The van der Waals surface area contributed by atoms with Crippen LogP contribution in [0.4, 0.5) is 5.95 Å². The molecule has 1 aliphatic carbocycles. The van der Waals surface area contributed by atoms with Crippen LogP contribution in [0.2, 0.25) is 5.28 Å². The zero-order valence-electron chi connectivity index (χ0n) is 11.7. The van der Waals surface area contributed by atoms with E-state index in [9.17, 15) is 0 Å². The summed E-state index contributed by atoms with van der Waals surface area (Å²) in [6.45, 7) is 7.15. The maximum atomic E-state index is 5.90. The van der Waals surface area contributed by atoms with E-state index in [4.69, 9.17) is 16.3 Å². The van der Waals surface area contributed by atoms with E-state index in [-0.39, 0.29) is 5.28 Å². The molecular formula is C13H21ClN4O. The van der Waals surface area contributed by atoms with Crippen LogP contribution in [-0.4, -0.2) is 27.6 Å². The minimum Gasteiger partial charge on any atom is -0.463 e. The molecule has 0 bridgehead atoms. The summed E-state index contributed by atoms with van der Waals surface area (Å²) in [4.78, 5) is 12.3. The molecule has 106 valence electrons. The second kappa shape index (κ2) is 6.37. The highest BCUT2D eigenvalue weighted by Crippen LogP contribution is 2.32. The molecule has 6 heteroatoms. The zero-order valence-corrected chi connectivity index (χ0v) is 12.4. The van der Waals surface area contributed by atoms with E-state index >= 15 is 0 Å². The number of rotatable bonds is 5. The van der Waals surface area contributed by atoms with Crippen LogP contribution in [0.5, 0.6) is 6.01 Å². The van der Waals surface area contributed by atoms with E-state index in [1.54, 1.807) is 0 Å². The molecule has 0 amide bonds. The number of nitrogens with zero attached hydrogens (tertiary/aromatic N) is 3. The van der Waals surface area contributed by atoms with E-state index < -0.39 is 0 Å². The molecule has 0 spiro atoms. The third-order valence-corrected chi connectivity index (χ3v) is 3.97. The Morgan fingerprint density at radius 1 is 1.26 bits per heavy atom. The Morgan fingerprint density at radius 2 is 2.05 bits per heavy atom. The van der Waals surface area contributed by atoms with Gasteiger partial charge in [-0.3, -0.25) is 0 Å². The highest BCUT2D eigenvalue weighted by atomic mass is 35.5. The topological polar surface area (TPSA) is 59.9 Å². The van der Waals surface area contributed by atoms with Gasteiger partial charge in [-0.15, -0.1) is 0 Å². The molecular weight excluding hydrogens is 264 g/mol. The largest absolute Gasteiger partial charge is 0.463 e. The van der Waals surface area contributed by atoms with Crippen LogP contribution in [0.3, 0.4) is 0 Å². The quantitative estimate of drug-likeness (QED) is 0.900. The number of ether oxygens (including phenoxy) is 1. The fraction of sp³-hybridized carbons (Fsp3) is 0.769. The number of anilines is 1. The molecule has 0 aliphatic heterocycles. The lowest BCUT2D eigenvalue weighted by Gasteiger charge is -2.19. The molecule has 2 rings (SSSR count). The third kappa shape index (κ3) is 3.69. The Kier molecular flexibility index (Phi) is 4.80. The van der Waals surface area contributed by atoms with Crippen LogP contribution in [0.25, 0.3) is 0 Å². The SMILES string of the molecule is CCCOc1nc(Cl)nc(NC2CCC(C)C2C)n1. The number of hydrogen-bond acceptors (Lipinski definition) is 5. The van der Waals surface area contributed by atoms with Gasteiger partial charge < -0.3 is 10.1 Å². The van der Waals surface area contributed by atoms with Gasteiger partial charge in [0, 0.05) is 6.04 Å². The first-order valence-corrected chi connectivity index (χ1v) is 7.29. The highest BCUT2D eigenvalue weighted by molar-refractivity contribution is 6.28. The van der Waals surface area contributed by atoms with Gasteiger partial charge in [0.25, 0.3) is 0 Å². The van der Waals surface area contributed by atoms with Gasteiger partial charge in [0.15, 0.2) is 0 Å². The van der Waals surface area contributed by atoms with Crippen LogP contribution in [0.1, 0.15) is 40.0 Å². The van der Waals surface area contributed by atoms with Crippen LogP contribution in [0, 0.1) is 11.8 Å². The summed E-state index contributed by atoms with van der Waals surface area (Å²) in [5.41, 5.74) is 0. The predicted molar refractivity (Wildman–Crippen MR) is 75.6 cm³/mol. The Hall–Kier alpha value is -1.10. The van der Waals surface area contributed by atoms with Crippen molar-refractivity contribution < 1.29 is 4.74 Å². The van der Waals surface area contributed by atoms with E-state index in [0.717, 1.165) is 18.8 Å². The number of aromatic nitrogens is 3. The molecule has 1 aromatic heterocycles. The van der Waals surface area contributed by atoms with Crippen molar-refractivity contribution >= 4 is 17.5 Å². The fourth-order valence-corrected chi connectivity index (χ4v) is 2.54. The van der Waals surface area contributed by atoms with Gasteiger partial charge in [-0.1, -0.05) is 20.8 Å². The van der Waals surface area contributed by atoms with Gasteiger partial charge >= 0.3 is 6.01 Å². The molecule has 1 fully saturated rings. The lowest BCUT2D eigenvalue weighted by atomic mass is 9.98. The minimum absolute atomic E-state index is 0.169. The second-order valence-corrected chi connectivity index (χ2v) is 5.56. The molecule has 5 nitrogen and oxygen atoms in total. The summed E-state index contributed by atoms with van der Waals surface area (Å²) in [6, 6.07) is 0.690. The lowest BCUT2D eigenvalue weighted by Crippen LogP contribution is -2.25. The van der Waals surface area contributed by atoms with Gasteiger partial charge in [-0.05, 0) is 42.7 Å². The van der Waals surface area contributed by atoms with Gasteiger partial charge in [0.1, 0.15) is 0 Å². The molecule has 1 saturated carbocycles. The maximum absolute atomic E-state index is 5.90. The minimum atomic E-state index is 0.169. The lowest BCUT2D eigenvalue weighted by molar-refractivity contribution is 0.291. The average Bonchev–Trinajstić information content (AvgIpc) is 2.68. The van der Waals surface area contributed by atoms with Crippen molar-refractivity contribution in [3.63, 3.8) is 0 Å². The molecule has 1 aliphatic rings. The molecule has 0 aromatic carbocycles. The number of nitrogens with one attached hydrogen (secondary N) is 1. The van der Waals surface area contributed by atoms with Crippen LogP contribution in [0.15, 0.2) is 0 Å². The van der Waals surface area contributed by atoms with Crippen LogP contribution in [-0.2, 0) is 0 Å². The summed E-state index contributed by atoms with van der Waals surface area (Å²) in [5, 5.41) is 3.52. The Morgan fingerprint density at radius 3 is 2.68 bits per heavy atom. The van der Waals surface area contributed by atoms with Crippen molar-refractivity contribution in [2.45, 2.75) is 46.1 Å². The van der Waals surface area contributed by atoms with Crippen molar-refractivity contribution in [1.29, 1.82) is 0 Å². The first kappa shape index (κ1) is 14.3. The zero-order chi connectivity index (χ0) is 13.8. The van der Waals surface area contributed by atoms with Gasteiger partial charge in [0.2, 0.25) is 11.2 Å². The van der Waals surface area contributed by atoms with Crippen molar-refractivity contribution in [3.05, 3.63) is 5.28 Å². The summed E-state index contributed by atoms with van der Waals surface area (Å²) >= 11 is 5.90. The third-order valence-electron chi connectivity index (χ3n) is 3.80. The Balaban J connectivity index is 2.05. The van der Waals surface area contributed by atoms with Crippen molar-refractivity contribution in [3.8, 4) is 6.01 Å². The first-order valence-electron chi connectivity index (χ1n) is 6.91. The standard InChI is InChI=1S/C13H21ClN4O/c1-4-7-19-13-17-11(14)16-12(18-13)15-10-6-5-8(2)9(10)3/h8-10H,4-7H2,1-3H3,(H,15,16,17,18). The average molecular weight is 285 g/mol. The summed E-state index contributed by atoms with van der Waals surface area (Å²) < 4.78 is 5.40. The summed E-state index contributed by atoms with van der Waals surface area (Å²) in [5.74, 6) is 1.85. The van der Waals surface area contributed by atoms with Gasteiger partial charge in [-0.25, -0.2) is 0 Å². The number of hydrogen-bond donors (Lipinski definition) is 1. The van der Waals surface area contributed by atoms with Crippen molar-refractivity contribution in [2.24, 2.45) is 11.8 Å². The number of halogens is 1. The van der Waals surface area contributed by atoms with Crippen molar-refractivity contribution in [2.75, 3.05) is 11.9 Å². The molecule has 3 atom stereocenters. The molecule has 1 N–H and O–H groups in total. The van der Waals surface area contributed by atoms with E-state index in [0.29, 0.717) is 30.5 Å². The summed E-state index contributed by atoms with van der Waals surface area (Å²) in [6.07, 6.45) is 3.27. The van der Waals surface area contributed by atoms with E-state index in [2.05, 4.69) is 34.1 Å². The molecule has 0 saturated heterocycles. The maximum Gasteiger partial charge on any atom is 0.322 e. The monoisotopic (exact) mass is 284 g/mol. The second-order valence-electron chi connectivity index (χ2n) is 5.22. The smallest absolute Gasteiger partial charge is 0.322 e. The molecule has 19 heavy (non-hydrogen) atoms. The predicted octanol–water partition coefficient (Wildman–Crippen LogP) is 3.16. The van der Waals surface area contributed by atoms with Crippen LogP contribution >= 0.6 is 11.6 Å².